The van der Waals surface area contributed by atoms with Crippen molar-refractivity contribution in [3.63, 3.8) is 0 Å². The van der Waals surface area contributed by atoms with E-state index in [4.69, 9.17) is 0 Å². The lowest BCUT2D eigenvalue weighted by Gasteiger charge is -2.26. The summed E-state index contributed by atoms with van der Waals surface area (Å²) >= 11 is 0. The number of rotatable bonds is 48. The predicted molar refractivity (Wildman–Crippen MR) is 250 cm³/mol. The lowest BCUT2D eigenvalue weighted by molar-refractivity contribution is -0.124. The van der Waals surface area contributed by atoms with E-state index in [0.717, 1.165) is 38.5 Å². The molecule has 0 aliphatic rings. The molecule has 0 aromatic rings. The Morgan fingerprint density at radius 1 is 0.421 bits per heavy atom. The fourth-order valence-electron chi connectivity index (χ4n) is 8.34. The van der Waals surface area contributed by atoms with Crippen LogP contribution in [0.4, 0.5) is 0 Å². The molecule has 0 radical (unpaired) electrons. The van der Waals surface area contributed by atoms with Gasteiger partial charge in [-0.15, -0.1) is 0 Å². The van der Waals surface area contributed by atoms with E-state index in [-0.39, 0.29) is 12.5 Å². The number of hydrogen-bond acceptors (Lipinski definition) is 4. The van der Waals surface area contributed by atoms with Crippen LogP contribution >= 0.6 is 0 Å². The van der Waals surface area contributed by atoms with Gasteiger partial charge in [-0.2, -0.15) is 0 Å². The molecule has 0 aliphatic heterocycles. The molecule has 3 atom stereocenters. The first-order chi connectivity index (χ1) is 28.1. The van der Waals surface area contributed by atoms with Gasteiger partial charge in [-0.05, 0) is 38.5 Å². The third-order valence-electron chi connectivity index (χ3n) is 12.4. The highest BCUT2D eigenvalue weighted by molar-refractivity contribution is 5.76. The van der Waals surface area contributed by atoms with E-state index < -0.39 is 18.2 Å². The summed E-state index contributed by atoms with van der Waals surface area (Å²) in [5.74, 6) is -0.148. The zero-order chi connectivity index (χ0) is 41.5. The molecular formula is C52H103NO4. The molecule has 0 saturated heterocycles. The molecule has 0 rings (SSSR count). The van der Waals surface area contributed by atoms with Gasteiger partial charge in [0, 0.05) is 6.42 Å². The van der Waals surface area contributed by atoms with Crippen LogP contribution in [0.1, 0.15) is 290 Å². The van der Waals surface area contributed by atoms with Gasteiger partial charge in [0.2, 0.25) is 5.91 Å². The van der Waals surface area contributed by atoms with Gasteiger partial charge in [0.25, 0.3) is 0 Å². The van der Waals surface area contributed by atoms with Gasteiger partial charge in [-0.25, -0.2) is 0 Å². The lowest BCUT2D eigenvalue weighted by Crippen LogP contribution is -2.50. The Kier molecular flexibility index (Phi) is 47.0. The number of allylic oxidation sites excluding steroid dienone is 2. The largest absolute Gasteiger partial charge is 0.394 e. The normalized spacial score (nSPS) is 13.4. The summed E-state index contributed by atoms with van der Waals surface area (Å²) < 4.78 is 0. The maximum atomic E-state index is 12.5. The van der Waals surface area contributed by atoms with Crippen molar-refractivity contribution in [1.29, 1.82) is 0 Å². The second kappa shape index (κ2) is 47.8. The molecule has 0 aromatic heterocycles. The number of nitrogens with one attached hydrogen (secondary N) is 1. The third kappa shape index (κ3) is 43.0. The molecule has 1 amide bonds. The third-order valence-corrected chi connectivity index (χ3v) is 12.4. The van der Waals surface area contributed by atoms with Gasteiger partial charge in [-0.3, -0.25) is 4.79 Å². The molecule has 0 aromatic carbocycles. The Labute approximate surface area is 357 Å². The molecule has 340 valence electrons. The average Bonchev–Trinajstić information content (AvgIpc) is 3.22. The van der Waals surface area contributed by atoms with Crippen LogP contribution in [-0.2, 0) is 4.79 Å². The summed E-state index contributed by atoms with van der Waals surface area (Å²) in [4.78, 5) is 12.5. The molecule has 5 heteroatoms. The topological polar surface area (TPSA) is 89.8 Å². The summed E-state index contributed by atoms with van der Waals surface area (Å²) in [5, 5.41) is 33.7. The van der Waals surface area contributed by atoms with Gasteiger partial charge >= 0.3 is 0 Å². The van der Waals surface area contributed by atoms with Crippen molar-refractivity contribution in [3.8, 4) is 0 Å². The van der Waals surface area contributed by atoms with E-state index in [1.165, 1.54) is 225 Å². The van der Waals surface area contributed by atoms with Crippen molar-refractivity contribution in [2.24, 2.45) is 0 Å². The van der Waals surface area contributed by atoms with Crippen molar-refractivity contribution < 1.29 is 20.1 Å². The number of hydrogen-bond donors (Lipinski definition) is 4. The number of carbonyl (C=O) groups excluding carboxylic acids is 1. The summed E-state index contributed by atoms with van der Waals surface area (Å²) in [7, 11) is 0. The number of unbranched alkanes of at least 4 members (excludes halogenated alkanes) is 38. The smallest absolute Gasteiger partial charge is 0.220 e. The molecule has 0 heterocycles. The first-order valence-corrected chi connectivity index (χ1v) is 26.0. The Morgan fingerprint density at radius 2 is 0.702 bits per heavy atom. The maximum absolute atomic E-state index is 12.5. The Balaban J connectivity index is 3.57. The predicted octanol–water partition coefficient (Wildman–Crippen LogP) is 15.6. The fourth-order valence-corrected chi connectivity index (χ4v) is 8.34. The monoisotopic (exact) mass is 806 g/mol. The number of carbonyl (C=O) groups is 1. The Morgan fingerprint density at radius 3 is 1.02 bits per heavy atom. The van der Waals surface area contributed by atoms with Crippen LogP contribution in [0.2, 0.25) is 0 Å². The SMILES string of the molecule is CCCCCCCCCCCCCCCCCC/C=C/CCCC(O)C(O)C(CO)NC(=O)CCCCCCCCCCCCCCCCCCCCCCCC. The van der Waals surface area contributed by atoms with Crippen molar-refractivity contribution >= 4 is 5.91 Å². The molecule has 0 spiro atoms. The van der Waals surface area contributed by atoms with Crippen molar-refractivity contribution in [3.05, 3.63) is 12.2 Å². The fraction of sp³-hybridized carbons (Fsp3) is 0.942. The average molecular weight is 806 g/mol. The zero-order valence-electron chi connectivity index (χ0n) is 38.7. The highest BCUT2D eigenvalue weighted by atomic mass is 16.3. The van der Waals surface area contributed by atoms with Gasteiger partial charge in [0.1, 0.15) is 6.10 Å². The Hall–Kier alpha value is -0.910. The first kappa shape index (κ1) is 56.1. The first-order valence-electron chi connectivity index (χ1n) is 26.0. The molecule has 57 heavy (non-hydrogen) atoms. The number of amides is 1. The summed E-state index contributed by atoms with van der Waals surface area (Å²) in [6, 6.07) is -0.822. The van der Waals surface area contributed by atoms with E-state index in [9.17, 15) is 20.1 Å². The summed E-state index contributed by atoms with van der Waals surface area (Å²) in [6.07, 6.45) is 57.8. The van der Waals surface area contributed by atoms with E-state index in [1.807, 2.05) is 0 Å². The van der Waals surface area contributed by atoms with Crippen LogP contribution in [0.3, 0.4) is 0 Å². The van der Waals surface area contributed by atoms with Gasteiger partial charge in [-0.1, -0.05) is 257 Å². The maximum Gasteiger partial charge on any atom is 0.220 e. The van der Waals surface area contributed by atoms with Crippen LogP contribution in [0.25, 0.3) is 0 Å². The highest BCUT2D eigenvalue weighted by Gasteiger charge is 2.26. The van der Waals surface area contributed by atoms with Crippen molar-refractivity contribution in [2.45, 2.75) is 308 Å². The Bertz CT molecular complexity index is 803. The van der Waals surface area contributed by atoms with E-state index in [0.29, 0.717) is 12.8 Å². The van der Waals surface area contributed by atoms with Crippen LogP contribution in [-0.4, -0.2) is 46.1 Å². The molecule has 0 fully saturated rings. The van der Waals surface area contributed by atoms with Crippen LogP contribution in [0.15, 0.2) is 12.2 Å². The van der Waals surface area contributed by atoms with E-state index in [2.05, 4.69) is 31.3 Å². The minimum absolute atomic E-state index is 0.148. The standard InChI is InChI=1S/C52H103NO4/c1-3-5-7-9-11-13-15-17-19-21-23-25-27-29-31-33-35-37-39-41-43-45-47-51(56)53-49(48-54)52(57)50(55)46-44-42-40-38-36-34-32-30-28-26-24-22-20-18-16-14-12-10-8-6-4-2/h38,40,49-50,52,54-55,57H,3-37,39,41-48H2,1-2H3,(H,53,56)/b40-38+. The molecular weight excluding hydrogens is 703 g/mol. The zero-order valence-corrected chi connectivity index (χ0v) is 38.7. The second-order valence-electron chi connectivity index (χ2n) is 18.1. The second-order valence-corrected chi connectivity index (χ2v) is 18.1. The summed E-state index contributed by atoms with van der Waals surface area (Å²) in [6.45, 7) is 4.20. The molecule has 5 nitrogen and oxygen atoms in total. The lowest BCUT2D eigenvalue weighted by atomic mass is 10.0. The highest BCUT2D eigenvalue weighted by Crippen LogP contribution is 2.17. The van der Waals surface area contributed by atoms with E-state index in [1.54, 1.807) is 0 Å². The molecule has 0 aliphatic carbocycles. The summed E-state index contributed by atoms with van der Waals surface area (Å²) in [5.41, 5.74) is 0. The molecule has 4 N–H and O–H groups in total. The van der Waals surface area contributed by atoms with Crippen molar-refractivity contribution in [1.82, 2.24) is 5.32 Å². The molecule has 3 unspecified atom stereocenters. The van der Waals surface area contributed by atoms with Crippen LogP contribution in [0, 0.1) is 0 Å². The van der Waals surface area contributed by atoms with Crippen LogP contribution < -0.4 is 5.32 Å². The van der Waals surface area contributed by atoms with Crippen LogP contribution in [0.5, 0.6) is 0 Å². The number of aliphatic hydroxyl groups excluding tert-OH is 3. The van der Waals surface area contributed by atoms with Crippen molar-refractivity contribution in [2.75, 3.05) is 6.61 Å². The minimum Gasteiger partial charge on any atom is -0.394 e. The van der Waals surface area contributed by atoms with Gasteiger partial charge < -0.3 is 20.6 Å². The molecule has 0 saturated carbocycles. The number of aliphatic hydroxyl groups is 3. The molecule has 0 bridgehead atoms. The van der Waals surface area contributed by atoms with E-state index >= 15 is 0 Å². The van der Waals surface area contributed by atoms with Gasteiger partial charge in [0.15, 0.2) is 0 Å². The van der Waals surface area contributed by atoms with Gasteiger partial charge in [0.05, 0.1) is 18.8 Å². The minimum atomic E-state index is -1.16. The quantitative estimate of drug-likeness (QED) is 0.0364.